The molecule has 20 heavy (non-hydrogen) atoms. The Morgan fingerprint density at radius 3 is 2.85 bits per heavy atom. The van der Waals surface area contributed by atoms with E-state index in [0.29, 0.717) is 18.3 Å². The summed E-state index contributed by atoms with van der Waals surface area (Å²) in [6, 6.07) is 0.342. The predicted octanol–water partition coefficient (Wildman–Crippen LogP) is 0.0455. The van der Waals surface area contributed by atoms with Gasteiger partial charge in [-0.2, -0.15) is 0 Å². The number of nitrogens with zero attached hydrogens (tertiary/aromatic N) is 4. The van der Waals surface area contributed by atoms with Crippen LogP contribution in [0.15, 0.2) is 6.20 Å². The predicted molar refractivity (Wildman–Crippen MR) is 74.4 cm³/mol. The molecule has 0 radical (unpaired) electrons. The quantitative estimate of drug-likeness (QED) is 0.796. The summed E-state index contributed by atoms with van der Waals surface area (Å²) in [5, 5.41) is 20.4. The molecule has 1 aliphatic heterocycles. The van der Waals surface area contributed by atoms with E-state index in [-0.39, 0.29) is 18.6 Å². The third-order valence-electron chi connectivity index (χ3n) is 3.64. The third-order valence-corrected chi connectivity index (χ3v) is 3.64. The number of aliphatic hydroxyl groups is 1. The minimum atomic E-state index is -0.172. The second-order valence-corrected chi connectivity index (χ2v) is 5.38. The molecule has 1 aromatic rings. The zero-order valence-electron chi connectivity index (χ0n) is 12.1. The van der Waals surface area contributed by atoms with Gasteiger partial charge in [-0.05, 0) is 39.8 Å². The molecule has 0 unspecified atom stereocenters. The average molecular weight is 281 g/mol. The van der Waals surface area contributed by atoms with Crippen LogP contribution in [0.3, 0.4) is 0 Å². The van der Waals surface area contributed by atoms with Crippen molar-refractivity contribution in [3.8, 4) is 0 Å². The Morgan fingerprint density at radius 2 is 2.25 bits per heavy atom. The molecule has 1 fully saturated rings. The minimum Gasteiger partial charge on any atom is -0.395 e. The molecule has 2 heterocycles. The molecule has 2 rings (SSSR count). The molecule has 2 N–H and O–H groups in total. The number of carbonyl (C=O) groups is 1. The highest BCUT2D eigenvalue weighted by atomic mass is 16.3. The number of aromatic nitrogens is 3. The summed E-state index contributed by atoms with van der Waals surface area (Å²) < 4.78 is 1.80. The first-order valence-electron chi connectivity index (χ1n) is 7.18. The number of piperidine rings is 1. The van der Waals surface area contributed by atoms with Crippen LogP contribution in [0.5, 0.6) is 0 Å². The largest absolute Gasteiger partial charge is 0.395 e. The normalized spacial score (nSPS) is 16.6. The van der Waals surface area contributed by atoms with E-state index < -0.39 is 0 Å². The lowest BCUT2D eigenvalue weighted by atomic mass is 10.1. The molecule has 7 nitrogen and oxygen atoms in total. The Balaban J connectivity index is 2.08. The van der Waals surface area contributed by atoms with Crippen molar-refractivity contribution >= 4 is 5.91 Å². The van der Waals surface area contributed by atoms with Gasteiger partial charge in [0.25, 0.3) is 5.91 Å². The second-order valence-electron chi connectivity index (χ2n) is 5.38. The van der Waals surface area contributed by atoms with E-state index in [1.807, 2.05) is 13.8 Å². The molecular weight excluding hydrogens is 258 g/mol. The van der Waals surface area contributed by atoms with E-state index in [4.69, 9.17) is 5.11 Å². The number of hydrogen-bond acceptors (Lipinski definition) is 5. The highest BCUT2D eigenvalue weighted by Gasteiger charge is 2.23. The van der Waals surface area contributed by atoms with Gasteiger partial charge < -0.3 is 15.3 Å². The Kier molecular flexibility index (Phi) is 5.08. The molecule has 1 aromatic heterocycles. The molecule has 0 atom stereocenters. The molecule has 112 valence electrons. The lowest BCUT2D eigenvalue weighted by molar-refractivity contribution is 0.0659. The van der Waals surface area contributed by atoms with Gasteiger partial charge in [0.2, 0.25) is 0 Å². The molecule has 1 amide bonds. The second kappa shape index (κ2) is 6.81. The van der Waals surface area contributed by atoms with Crippen LogP contribution in [0, 0.1) is 0 Å². The van der Waals surface area contributed by atoms with Gasteiger partial charge in [-0.15, -0.1) is 5.10 Å². The van der Waals surface area contributed by atoms with E-state index in [1.165, 1.54) is 0 Å². The number of aliphatic hydroxyl groups excluding tert-OH is 1. The fourth-order valence-electron chi connectivity index (χ4n) is 2.47. The summed E-state index contributed by atoms with van der Waals surface area (Å²) >= 11 is 0. The average Bonchev–Trinajstić information content (AvgIpc) is 2.94. The maximum Gasteiger partial charge on any atom is 0.276 e. The first kappa shape index (κ1) is 14.9. The summed E-state index contributed by atoms with van der Waals surface area (Å²) in [7, 11) is 0. The summed E-state index contributed by atoms with van der Waals surface area (Å²) in [6.07, 6.45) is 3.73. The molecular formula is C13H23N5O2. The van der Waals surface area contributed by atoms with Crippen LogP contribution in [0.1, 0.15) is 43.2 Å². The Hall–Kier alpha value is -1.47. The monoisotopic (exact) mass is 281 g/mol. The van der Waals surface area contributed by atoms with Gasteiger partial charge >= 0.3 is 0 Å². The van der Waals surface area contributed by atoms with Gasteiger partial charge in [-0.25, -0.2) is 4.68 Å². The molecule has 0 bridgehead atoms. The maximum absolute atomic E-state index is 12.4. The summed E-state index contributed by atoms with van der Waals surface area (Å²) in [4.78, 5) is 14.0. The van der Waals surface area contributed by atoms with Crippen LogP contribution in [0.25, 0.3) is 0 Å². The maximum atomic E-state index is 12.4. The van der Waals surface area contributed by atoms with Crippen LogP contribution in [0.2, 0.25) is 0 Å². The number of rotatable bonds is 5. The first-order valence-corrected chi connectivity index (χ1v) is 7.18. The smallest absolute Gasteiger partial charge is 0.276 e. The summed E-state index contributed by atoms with van der Waals surface area (Å²) in [5.41, 5.74) is 0.352. The molecule has 0 saturated carbocycles. The van der Waals surface area contributed by atoms with Gasteiger partial charge in [0, 0.05) is 12.6 Å². The molecule has 7 heteroatoms. The third kappa shape index (κ3) is 3.34. The highest BCUT2D eigenvalue weighted by molar-refractivity contribution is 5.92. The zero-order chi connectivity index (χ0) is 14.5. The molecule has 0 spiro atoms. The standard InChI is InChI=1S/C13H23N5O2/c1-10(2)17(7-8-19)13(20)12-9-18(16-15-12)11-3-5-14-6-4-11/h9-11,14,19H,3-8H2,1-2H3. The molecule has 0 aromatic carbocycles. The van der Waals surface area contributed by atoms with E-state index in [0.717, 1.165) is 25.9 Å². The van der Waals surface area contributed by atoms with Crippen LogP contribution in [0.4, 0.5) is 0 Å². The van der Waals surface area contributed by atoms with E-state index in [2.05, 4.69) is 15.6 Å². The van der Waals surface area contributed by atoms with Crippen molar-refractivity contribution < 1.29 is 9.90 Å². The van der Waals surface area contributed by atoms with Crippen LogP contribution in [-0.2, 0) is 0 Å². The topological polar surface area (TPSA) is 83.3 Å². The minimum absolute atomic E-state index is 0.0266. The van der Waals surface area contributed by atoms with E-state index in [1.54, 1.807) is 15.8 Å². The van der Waals surface area contributed by atoms with Gasteiger partial charge in [0.1, 0.15) is 0 Å². The Bertz CT molecular complexity index is 440. The lowest BCUT2D eigenvalue weighted by Crippen LogP contribution is -2.39. The van der Waals surface area contributed by atoms with Gasteiger partial charge in [-0.3, -0.25) is 4.79 Å². The van der Waals surface area contributed by atoms with Crippen LogP contribution < -0.4 is 5.32 Å². The van der Waals surface area contributed by atoms with Gasteiger partial charge in [-0.1, -0.05) is 5.21 Å². The van der Waals surface area contributed by atoms with Crippen molar-refractivity contribution in [1.82, 2.24) is 25.2 Å². The zero-order valence-corrected chi connectivity index (χ0v) is 12.1. The fourth-order valence-corrected chi connectivity index (χ4v) is 2.47. The number of nitrogens with one attached hydrogen (secondary N) is 1. The fraction of sp³-hybridized carbons (Fsp3) is 0.769. The first-order chi connectivity index (χ1) is 9.63. The number of hydrogen-bond donors (Lipinski definition) is 2. The van der Waals surface area contributed by atoms with E-state index in [9.17, 15) is 4.79 Å². The van der Waals surface area contributed by atoms with Crippen molar-refractivity contribution in [1.29, 1.82) is 0 Å². The van der Waals surface area contributed by atoms with Crippen molar-refractivity contribution in [2.75, 3.05) is 26.2 Å². The van der Waals surface area contributed by atoms with Crippen molar-refractivity contribution in [2.24, 2.45) is 0 Å². The Morgan fingerprint density at radius 1 is 1.55 bits per heavy atom. The van der Waals surface area contributed by atoms with Crippen molar-refractivity contribution in [3.63, 3.8) is 0 Å². The Labute approximate surface area is 119 Å². The molecule has 1 saturated heterocycles. The summed E-state index contributed by atoms with van der Waals surface area (Å²) in [5.74, 6) is -0.172. The number of amides is 1. The molecule has 0 aliphatic carbocycles. The molecule has 1 aliphatic rings. The van der Waals surface area contributed by atoms with Gasteiger partial charge in [0.05, 0.1) is 18.8 Å². The van der Waals surface area contributed by atoms with Crippen molar-refractivity contribution in [3.05, 3.63) is 11.9 Å². The SMILES string of the molecule is CC(C)N(CCO)C(=O)c1cn(C2CCNCC2)nn1. The highest BCUT2D eigenvalue weighted by Crippen LogP contribution is 2.17. The van der Waals surface area contributed by atoms with Crippen LogP contribution in [-0.4, -0.2) is 63.2 Å². The lowest BCUT2D eigenvalue weighted by Gasteiger charge is -2.25. The summed E-state index contributed by atoms with van der Waals surface area (Å²) in [6.45, 7) is 6.05. The van der Waals surface area contributed by atoms with Crippen molar-refractivity contribution in [2.45, 2.75) is 38.8 Å². The van der Waals surface area contributed by atoms with Gasteiger partial charge in [0.15, 0.2) is 5.69 Å². The number of carbonyl (C=O) groups excluding carboxylic acids is 1. The van der Waals surface area contributed by atoms with E-state index >= 15 is 0 Å². The van der Waals surface area contributed by atoms with Crippen LogP contribution >= 0.6 is 0 Å².